The van der Waals surface area contributed by atoms with Gasteiger partial charge >= 0.3 is 0 Å². The Morgan fingerprint density at radius 1 is 1.20 bits per heavy atom. The molecule has 0 radical (unpaired) electrons. The van der Waals surface area contributed by atoms with Gasteiger partial charge in [-0.15, -0.1) is 4.83 Å². The molecule has 1 aromatic rings. The summed E-state index contributed by atoms with van der Waals surface area (Å²) in [5.41, 5.74) is 2.83. The third-order valence-corrected chi connectivity index (χ3v) is 1.95. The molecular formula is C9H10N2O3S. The molecule has 5 nitrogen and oxygen atoms in total. The summed E-state index contributed by atoms with van der Waals surface area (Å²) in [5, 5.41) is 0. The minimum absolute atomic E-state index is 0.194. The topological polar surface area (TPSA) is 75.3 Å². The van der Waals surface area contributed by atoms with Crippen LogP contribution in [0.3, 0.4) is 0 Å². The van der Waals surface area contributed by atoms with Gasteiger partial charge in [0, 0.05) is 5.57 Å². The number of rotatable bonds is 4. The van der Waals surface area contributed by atoms with Crippen molar-refractivity contribution >= 4 is 22.4 Å². The van der Waals surface area contributed by atoms with Gasteiger partial charge in [0.1, 0.15) is 0 Å². The zero-order valence-electron chi connectivity index (χ0n) is 7.77. The molecule has 1 amide bonds. The smallest absolute Gasteiger partial charge is 0.266 e. The number of nitrogens with one attached hydrogen (secondary N) is 2. The molecule has 0 aliphatic carbocycles. The van der Waals surface area contributed by atoms with Gasteiger partial charge < -0.3 is 0 Å². The van der Waals surface area contributed by atoms with E-state index in [-0.39, 0.29) is 5.57 Å². The van der Waals surface area contributed by atoms with Crippen LogP contribution in [0.2, 0.25) is 0 Å². The van der Waals surface area contributed by atoms with Gasteiger partial charge in [0.15, 0.2) is 0 Å². The molecule has 0 bridgehead atoms. The fraction of sp³-hybridized carbons (Fsp3) is 0. The summed E-state index contributed by atoms with van der Waals surface area (Å²) in [6, 6.07) is 8.74. The second-order valence-electron chi connectivity index (χ2n) is 2.67. The Morgan fingerprint density at radius 3 is 2.33 bits per heavy atom. The molecule has 0 saturated heterocycles. The fourth-order valence-electron chi connectivity index (χ4n) is 0.942. The first-order chi connectivity index (χ1) is 7.11. The lowest BCUT2D eigenvalue weighted by atomic mass is 10.1. The Labute approximate surface area is 88.9 Å². The number of amides is 1. The van der Waals surface area contributed by atoms with Crippen LogP contribution in [0.15, 0.2) is 36.9 Å². The van der Waals surface area contributed by atoms with Crippen LogP contribution in [0.25, 0.3) is 5.57 Å². The van der Waals surface area contributed by atoms with Gasteiger partial charge in [-0.25, -0.2) is 8.42 Å². The zero-order valence-corrected chi connectivity index (χ0v) is 8.66. The number of hydrogen-bond donors (Lipinski definition) is 3. The van der Waals surface area contributed by atoms with Gasteiger partial charge in [0.25, 0.3) is 5.91 Å². The molecule has 0 fully saturated rings. The Kier molecular flexibility index (Phi) is 4.02. The molecule has 6 heteroatoms. The average Bonchev–Trinajstić information content (AvgIpc) is 2.26. The number of carbonyl (C=O) groups is 1. The second-order valence-corrected chi connectivity index (χ2v) is 3.41. The van der Waals surface area contributed by atoms with E-state index in [0.29, 0.717) is 5.56 Å². The third-order valence-electron chi connectivity index (χ3n) is 1.66. The van der Waals surface area contributed by atoms with Crippen LogP contribution >= 0.6 is 0 Å². The lowest BCUT2D eigenvalue weighted by molar-refractivity contribution is -0.116. The van der Waals surface area contributed by atoms with Crippen molar-refractivity contribution in [2.45, 2.75) is 0 Å². The Morgan fingerprint density at radius 2 is 1.80 bits per heavy atom. The maximum atomic E-state index is 11.3. The maximum Gasteiger partial charge on any atom is 0.266 e. The number of hydrazine groups is 1. The monoisotopic (exact) mass is 226 g/mol. The summed E-state index contributed by atoms with van der Waals surface area (Å²) in [6.45, 7) is 3.55. The summed E-state index contributed by atoms with van der Waals surface area (Å²) in [5.74, 6) is -0.583. The quantitative estimate of drug-likeness (QED) is 0.379. The van der Waals surface area contributed by atoms with Crippen LogP contribution in [0, 0.1) is 0 Å². The first-order valence-electron chi connectivity index (χ1n) is 4.06. The summed E-state index contributed by atoms with van der Waals surface area (Å²) in [6.07, 6.45) is 0. The van der Waals surface area contributed by atoms with Crippen molar-refractivity contribution in [3.8, 4) is 0 Å². The lowest BCUT2D eigenvalue weighted by Crippen LogP contribution is -2.36. The minimum Gasteiger partial charge on any atom is -0.274 e. The highest BCUT2D eigenvalue weighted by molar-refractivity contribution is 7.70. The number of hydrogen-bond acceptors (Lipinski definition) is 3. The molecule has 0 heterocycles. The van der Waals surface area contributed by atoms with Crippen molar-refractivity contribution in [2.75, 3.05) is 0 Å². The Hall–Kier alpha value is -1.66. The molecule has 0 spiro atoms. The van der Waals surface area contributed by atoms with Crippen LogP contribution in [0.4, 0.5) is 0 Å². The molecule has 1 aromatic carbocycles. The lowest BCUT2D eigenvalue weighted by Gasteiger charge is -2.04. The predicted octanol–water partition coefficient (Wildman–Crippen LogP) is -0.153. The number of thiol groups is 1. The highest BCUT2D eigenvalue weighted by Crippen LogP contribution is 2.10. The van der Waals surface area contributed by atoms with Crippen LogP contribution in [0.1, 0.15) is 5.56 Å². The van der Waals surface area contributed by atoms with Gasteiger partial charge in [-0.2, -0.15) is 0 Å². The molecule has 0 atom stereocenters. The van der Waals surface area contributed by atoms with E-state index in [2.05, 4.69) is 6.58 Å². The summed E-state index contributed by atoms with van der Waals surface area (Å²) >= 11 is 0. The van der Waals surface area contributed by atoms with Gasteiger partial charge in [-0.05, 0) is 5.56 Å². The van der Waals surface area contributed by atoms with Crippen molar-refractivity contribution in [1.29, 1.82) is 0 Å². The molecular weight excluding hydrogens is 216 g/mol. The second kappa shape index (κ2) is 5.28. The van der Waals surface area contributed by atoms with Crippen molar-refractivity contribution < 1.29 is 13.2 Å². The molecule has 2 N–H and O–H groups in total. The standard InChI is InChI=1S/C9H10N2O3S/c1-7(8-5-3-2-4-6-8)9(12)10-11-15(13)14/h2-6,15H,1H2,(H,10,12)(H,11,13,14). The largest absolute Gasteiger partial charge is 0.274 e. The van der Waals surface area contributed by atoms with Crippen molar-refractivity contribution in [3.05, 3.63) is 42.5 Å². The van der Waals surface area contributed by atoms with E-state index >= 15 is 0 Å². The highest BCUT2D eigenvalue weighted by atomic mass is 32.2. The Balaban J connectivity index is 2.66. The SMILES string of the molecule is C=C(C(=O)NN[SH](=O)=O)c1ccccc1. The summed E-state index contributed by atoms with van der Waals surface area (Å²) < 4.78 is 20.3. The summed E-state index contributed by atoms with van der Waals surface area (Å²) in [4.78, 5) is 13.1. The first kappa shape index (κ1) is 11.4. The molecule has 80 valence electrons. The Bertz CT molecular complexity index is 432. The van der Waals surface area contributed by atoms with Crippen LogP contribution < -0.4 is 10.3 Å². The molecule has 0 saturated carbocycles. The predicted molar refractivity (Wildman–Crippen MR) is 57.1 cm³/mol. The maximum absolute atomic E-state index is 11.3. The zero-order chi connectivity index (χ0) is 11.3. The van der Waals surface area contributed by atoms with Crippen molar-refractivity contribution in [2.24, 2.45) is 0 Å². The van der Waals surface area contributed by atoms with Crippen molar-refractivity contribution in [3.63, 3.8) is 0 Å². The first-order valence-corrected chi connectivity index (χ1v) is 5.23. The number of carbonyl (C=O) groups excluding carboxylic acids is 1. The number of benzene rings is 1. The average molecular weight is 226 g/mol. The van der Waals surface area contributed by atoms with Gasteiger partial charge in [0.2, 0.25) is 10.9 Å². The molecule has 1 rings (SSSR count). The highest BCUT2D eigenvalue weighted by Gasteiger charge is 2.07. The third kappa shape index (κ3) is 3.53. The van der Waals surface area contributed by atoms with Gasteiger partial charge in [-0.1, -0.05) is 36.9 Å². The molecule has 0 aliphatic heterocycles. The minimum atomic E-state index is -2.85. The van der Waals surface area contributed by atoms with E-state index in [4.69, 9.17) is 0 Å². The normalized spacial score (nSPS) is 9.93. The van der Waals surface area contributed by atoms with Crippen molar-refractivity contribution in [1.82, 2.24) is 10.3 Å². The van der Waals surface area contributed by atoms with E-state index in [9.17, 15) is 13.2 Å². The van der Waals surface area contributed by atoms with E-state index in [0.717, 1.165) is 0 Å². The van der Waals surface area contributed by atoms with E-state index in [1.807, 2.05) is 11.5 Å². The van der Waals surface area contributed by atoms with E-state index < -0.39 is 16.8 Å². The fourth-order valence-corrected chi connectivity index (χ4v) is 1.14. The van der Waals surface area contributed by atoms with Crippen LogP contribution in [-0.2, 0) is 15.7 Å². The van der Waals surface area contributed by atoms with E-state index in [1.165, 1.54) is 0 Å². The molecule has 0 unspecified atom stereocenters. The van der Waals surface area contributed by atoms with Crippen LogP contribution in [0.5, 0.6) is 0 Å². The molecule has 0 aliphatic rings. The van der Waals surface area contributed by atoms with Gasteiger partial charge in [-0.3, -0.25) is 10.2 Å². The van der Waals surface area contributed by atoms with Gasteiger partial charge in [0.05, 0.1) is 0 Å². The van der Waals surface area contributed by atoms with E-state index in [1.54, 1.807) is 29.1 Å². The summed E-state index contributed by atoms with van der Waals surface area (Å²) in [7, 11) is -2.85. The molecule has 0 aromatic heterocycles. The van der Waals surface area contributed by atoms with Crippen LogP contribution in [-0.4, -0.2) is 14.3 Å². The molecule has 15 heavy (non-hydrogen) atoms.